The molecule has 2 bridgehead atoms. The first-order valence-electron chi connectivity index (χ1n) is 20.9. The van der Waals surface area contributed by atoms with Crippen LogP contribution in [0.3, 0.4) is 0 Å². The number of fused-ring (bicyclic) bond motifs is 3. The summed E-state index contributed by atoms with van der Waals surface area (Å²) >= 11 is 0. The molecule has 5 fully saturated rings. The molecule has 0 amide bonds. The van der Waals surface area contributed by atoms with Gasteiger partial charge in [-0.25, -0.2) is 0 Å². The van der Waals surface area contributed by atoms with Crippen molar-refractivity contribution in [3.05, 3.63) is 47.5 Å². The van der Waals surface area contributed by atoms with Crippen LogP contribution in [0.25, 0.3) is 0 Å². The van der Waals surface area contributed by atoms with E-state index in [0.717, 1.165) is 83.5 Å². The monoisotopic (exact) mass is 703 g/mol. The second kappa shape index (κ2) is 13.6. The molecule has 5 nitrogen and oxygen atoms in total. The Morgan fingerprint density at radius 3 is 2.33 bits per heavy atom. The van der Waals surface area contributed by atoms with Crippen molar-refractivity contribution in [3.63, 3.8) is 0 Å². The van der Waals surface area contributed by atoms with Gasteiger partial charge in [0.15, 0.2) is 0 Å². The van der Waals surface area contributed by atoms with Gasteiger partial charge in [0.1, 0.15) is 6.61 Å². The molecule has 2 aliphatic heterocycles. The topological polar surface area (TPSA) is 54.0 Å². The molecule has 2 saturated heterocycles. The normalized spacial score (nSPS) is 43.6. The van der Waals surface area contributed by atoms with Crippen LogP contribution in [0.15, 0.2) is 42.0 Å². The lowest BCUT2D eigenvalue weighted by molar-refractivity contribution is -0.256. The summed E-state index contributed by atoms with van der Waals surface area (Å²) in [6.45, 7) is 26.4. The number of ether oxygens (including phenoxy) is 4. The molecule has 11 atom stereocenters. The van der Waals surface area contributed by atoms with Crippen LogP contribution < -0.4 is 0 Å². The number of allylic oxidation sites excluding steroid dienone is 1. The van der Waals surface area contributed by atoms with Gasteiger partial charge in [-0.15, -0.1) is 0 Å². The molecule has 284 valence electrons. The molecule has 0 radical (unpaired) electrons. The highest BCUT2D eigenvalue weighted by molar-refractivity contribution is 5.75. The van der Waals surface area contributed by atoms with Crippen LogP contribution in [0.1, 0.15) is 126 Å². The smallest absolute Gasteiger partial charge is 0.310 e. The Balaban J connectivity index is 1.21. The Morgan fingerprint density at radius 2 is 1.65 bits per heavy atom. The largest absolute Gasteiger partial charge is 0.461 e. The molecule has 0 spiro atoms. The predicted octanol–water partition coefficient (Wildman–Crippen LogP) is 10.5. The number of hydrogen-bond acceptors (Lipinski definition) is 5. The van der Waals surface area contributed by atoms with Crippen molar-refractivity contribution in [2.45, 2.75) is 133 Å². The van der Waals surface area contributed by atoms with Crippen molar-refractivity contribution >= 4 is 5.97 Å². The summed E-state index contributed by atoms with van der Waals surface area (Å²) in [5.41, 5.74) is 2.70. The van der Waals surface area contributed by atoms with Gasteiger partial charge in [-0.1, -0.05) is 104 Å². The van der Waals surface area contributed by atoms with E-state index in [0.29, 0.717) is 36.2 Å². The van der Waals surface area contributed by atoms with Gasteiger partial charge < -0.3 is 18.9 Å². The van der Waals surface area contributed by atoms with E-state index in [1.165, 1.54) is 12.8 Å². The van der Waals surface area contributed by atoms with E-state index in [2.05, 4.69) is 80.5 Å². The number of esters is 1. The third-order valence-corrected chi connectivity index (χ3v) is 17.5. The van der Waals surface area contributed by atoms with E-state index >= 15 is 0 Å². The van der Waals surface area contributed by atoms with E-state index in [-0.39, 0.29) is 50.5 Å². The SMILES string of the molecule is CCC1(CO[C@H]2[C@H](C)C[C@@]34COC[C@@]2(C)[C@@H]3CC[C@H]2C4=CC[C@@]3(C)[C@H](C(=O)OCc4ccccc4)[C@@](C)([C@H](C)C(C)C)CC[C@]23C)CCOCC1. The van der Waals surface area contributed by atoms with E-state index in [9.17, 15) is 4.79 Å². The van der Waals surface area contributed by atoms with Crippen LogP contribution in [0.4, 0.5) is 0 Å². The minimum atomic E-state index is -0.197. The average molecular weight is 703 g/mol. The van der Waals surface area contributed by atoms with Crippen molar-refractivity contribution < 1.29 is 23.7 Å². The van der Waals surface area contributed by atoms with Crippen LogP contribution >= 0.6 is 0 Å². The number of carbonyl (C=O) groups excluding carboxylic acids is 1. The lowest BCUT2D eigenvalue weighted by Crippen LogP contribution is -2.69. The lowest BCUT2D eigenvalue weighted by atomic mass is 9.34. The zero-order valence-corrected chi connectivity index (χ0v) is 33.7. The molecular weight excluding hydrogens is 633 g/mol. The van der Waals surface area contributed by atoms with Crippen molar-refractivity contribution in [3.8, 4) is 0 Å². The Kier molecular flexibility index (Phi) is 10.00. The van der Waals surface area contributed by atoms with Crippen LogP contribution in [-0.2, 0) is 30.3 Å². The van der Waals surface area contributed by atoms with Gasteiger partial charge in [0.05, 0.1) is 31.8 Å². The fraction of sp³-hybridized carbons (Fsp3) is 0.804. The van der Waals surface area contributed by atoms with Crippen LogP contribution in [-0.4, -0.2) is 45.1 Å². The summed E-state index contributed by atoms with van der Waals surface area (Å²) in [6.07, 6.45) is 12.9. The van der Waals surface area contributed by atoms with Gasteiger partial charge >= 0.3 is 5.97 Å². The molecule has 7 rings (SSSR count). The molecule has 4 aliphatic carbocycles. The Labute approximate surface area is 310 Å². The summed E-state index contributed by atoms with van der Waals surface area (Å²) in [4.78, 5) is 14.7. The molecule has 0 N–H and O–H groups in total. The quantitative estimate of drug-likeness (QED) is 0.189. The van der Waals surface area contributed by atoms with E-state index in [1.807, 2.05) is 18.2 Å². The Bertz CT molecular complexity index is 1450. The van der Waals surface area contributed by atoms with Gasteiger partial charge in [-0.2, -0.15) is 0 Å². The first kappa shape index (κ1) is 37.6. The fourth-order valence-corrected chi connectivity index (χ4v) is 13.8. The second-order valence-corrected chi connectivity index (χ2v) is 20.0. The van der Waals surface area contributed by atoms with Crippen LogP contribution in [0.5, 0.6) is 0 Å². The third-order valence-electron chi connectivity index (χ3n) is 17.5. The molecule has 5 heteroatoms. The highest BCUT2D eigenvalue weighted by Crippen LogP contribution is 2.75. The number of carbonyl (C=O) groups is 1. The van der Waals surface area contributed by atoms with Gasteiger partial charge in [0.25, 0.3) is 0 Å². The van der Waals surface area contributed by atoms with Gasteiger partial charge in [0.2, 0.25) is 0 Å². The number of benzene rings is 1. The van der Waals surface area contributed by atoms with Crippen molar-refractivity contribution in [2.75, 3.05) is 33.0 Å². The summed E-state index contributed by atoms with van der Waals surface area (Å²) in [5, 5.41) is 0. The number of rotatable bonds is 9. The van der Waals surface area contributed by atoms with Crippen LogP contribution in [0, 0.1) is 68.0 Å². The van der Waals surface area contributed by atoms with Crippen molar-refractivity contribution in [2.24, 2.45) is 68.0 Å². The fourth-order valence-electron chi connectivity index (χ4n) is 13.8. The zero-order chi connectivity index (χ0) is 36.5. The van der Waals surface area contributed by atoms with E-state index < -0.39 is 0 Å². The molecule has 6 aliphatic rings. The molecule has 0 unspecified atom stereocenters. The number of hydrogen-bond donors (Lipinski definition) is 0. The maximum atomic E-state index is 14.7. The second-order valence-electron chi connectivity index (χ2n) is 20.0. The molecule has 0 aromatic heterocycles. The first-order chi connectivity index (χ1) is 24.2. The maximum absolute atomic E-state index is 14.7. The molecule has 3 saturated carbocycles. The molecular formula is C46H70O5. The first-order valence-corrected chi connectivity index (χ1v) is 20.9. The van der Waals surface area contributed by atoms with Crippen LogP contribution in [0.2, 0.25) is 0 Å². The summed E-state index contributed by atoms with van der Waals surface area (Å²) in [7, 11) is 0. The molecule has 51 heavy (non-hydrogen) atoms. The van der Waals surface area contributed by atoms with E-state index in [1.54, 1.807) is 5.57 Å². The average Bonchev–Trinajstić information content (AvgIpc) is 3.11. The highest BCUT2D eigenvalue weighted by Gasteiger charge is 2.71. The minimum Gasteiger partial charge on any atom is -0.461 e. The van der Waals surface area contributed by atoms with Gasteiger partial charge in [-0.05, 0) is 115 Å². The zero-order valence-electron chi connectivity index (χ0n) is 33.7. The third kappa shape index (κ3) is 5.74. The van der Waals surface area contributed by atoms with Crippen molar-refractivity contribution in [1.29, 1.82) is 0 Å². The summed E-state index contributed by atoms with van der Waals surface area (Å²) in [5.74, 6) is 2.23. The summed E-state index contributed by atoms with van der Waals surface area (Å²) in [6, 6.07) is 10.2. The molecule has 1 aromatic carbocycles. The molecule has 2 heterocycles. The lowest BCUT2D eigenvalue weighted by Gasteiger charge is -2.71. The van der Waals surface area contributed by atoms with Gasteiger partial charge in [-0.3, -0.25) is 4.79 Å². The van der Waals surface area contributed by atoms with Gasteiger partial charge in [0, 0.05) is 24.0 Å². The standard InChI is InChI=1S/C46H70O5/c1-10-45(22-24-48-25-23-45)29-51-39-32(4)26-46-30-49-28-42(39,7)37(46)17-16-35-36(46)18-19-44(9)38(40(47)50-27-34-14-12-11-13-15-34)41(6,33(5)31(2)3)20-21-43(35,44)8/h11-15,18,31-33,35,37-39H,10,16-17,19-30H2,1-9H3/t32-,33-,35+,37+,38-,39+,41-,42+,43-,44+,46+/m1/s1. The Morgan fingerprint density at radius 1 is 0.922 bits per heavy atom. The van der Waals surface area contributed by atoms with E-state index in [4.69, 9.17) is 18.9 Å². The summed E-state index contributed by atoms with van der Waals surface area (Å²) < 4.78 is 26.1. The predicted molar refractivity (Wildman–Crippen MR) is 204 cm³/mol. The Hall–Kier alpha value is -1.69. The highest BCUT2D eigenvalue weighted by atomic mass is 16.5. The minimum absolute atomic E-state index is 0.00441. The maximum Gasteiger partial charge on any atom is 0.310 e. The molecule has 1 aromatic rings. The van der Waals surface area contributed by atoms with Crippen molar-refractivity contribution in [1.82, 2.24) is 0 Å².